The van der Waals surface area contributed by atoms with Crippen LogP contribution in [-0.2, 0) is 14.3 Å². The summed E-state index contributed by atoms with van der Waals surface area (Å²) in [6.45, 7) is 15.0. The van der Waals surface area contributed by atoms with Gasteiger partial charge in [0.05, 0.1) is 0 Å². The van der Waals surface area contributed by atoms with Crippen LogP contribution in [-0.4, -0.2) is 46.5 Å². The van der Waals surface area contributed by atoms with E-state index in [1.165, 1.54) is 0 Å². The van der Waals surface area contributed by atoms with Crippen LogP contribution >= 0.6 is 0 Å². The van der Waals surface area contributed by atoms with Gasteiger partial charge in [-0.2, -0.15) is 0 Å². The minimum atomic E-state index is -0.830. The van der Waals surface area contributed by atoms with Crippen molar-refractivity contribution in [1.29, 1.82) is 0 Å². The number of ether oxygens (including phenoxy) is 1. The number of carbonyl (C=O) groups excluding carboxylic acids is 3. The Morgan fingerprint density at radius 1 is 1.12 bits per heavy atom. The van der Waals surface area contributed by atoms with E-state index >= 15 is 0 Å². The number of aryl methyl sites for hydroxylation is 2. The Kier molecular flexibility index (Phi) is 9.54. The van der Waals surface area contributed by atoms with Gasteiger partial charge >= 0.3 is 6.09 Å². The Hall–Kier alpha value is -2.57. The van der Waals surface area contributed by atoms with E-state index in [0.717, 1.165) is 48.8 Å². The van der Waals surface area contributed by atoms with Gasteiger partial charge in [-0.05, 0) is 85.3 Å². The largest absolute Gasteiger partial charge is 0.444 e. The molecule has 0 bridgehead atoms. The molecule has 2 rings (SSSR count). The average molecular weight is 474 g/mol. The number of alkyl carbamates (subject to hydrolysis) is 1. The molecule has 7 nitrogen and oxygen atoms in total. The minimum absolute atomic E-state index is 0.000713. The highest BCUT2D eigenvalue weighted by molar-refractivity contribution is 5.92. The summed E-state index contributed by atoms with van der Waals surface area (Å²) in [7, 11) is 0. The van der Waals surface area contributed by atoms with Crippen LogP contribution in [0.2, 0.25) is 0 Å². The van der Waals surface area contributed by atoms with Gasteiger partial charge in [-0.3, -0.25) is 9.59 Å². The molecule has 3 amide bonds. The van der Waals surface area contributed by atoms with E-state index in [-0.39, 0.29) is 23.9 Å². The zero-order valence-corrected chi connectivity index (χ0v) is 22.2. The predicted octanol–water partition coefficient (Wildman–Crippen LogP) is 4.94. The molecule has 1 fully saturated rings. The van der Waals surface area contributed by atoms with Crippen LogP contribution in [0.15, 0.2) is 18.2 Å². The number of amides is 3. The van der Waals surface area contributed by atoms with Gasteiger partial charge in [0.2, 0.25) is 11.8 Å². The van der Waals surface area contributed by atoms with E-state index in [2.05, 4.69) is 17.6 Å². The van der Waals surface area contributed by atoms with Crippen molar-refractivity contribution >= 4 is 17.9 Å². The summed E-state index contributed by atoms with van der Waals surface area (Å²) in [4.78, 5) is 41.5. The highest BCUT2D eigenvalue weighted by Gasteiger charge is 2.41. The van der Waals surface area contributed by atoms with Gasteiger partial charge in [0.25, 0.3) is 0 Å². The molecule has 0 spiro atoms. The molecule has 34 heavy (non-hydrogen) atoms. The maximum atomic E-state index is 13.8. The Morgan fingerprint density at radius 3 is 2.29 bits per heavy atom. The summed E-state index contributed by atoms with van der Waals surface area (Å²) in [5.74, 6) is -0.459. The third-order valence-electron chi connectivity index (χ3n) is 6.19. The Morgan fingerprint density at radius 2 is 1.76 bits per heavy atom. The second-order valence-electron chi connectivity index (χ2n) is 10.7. The maximum Gasteiger partial charge on any atom is 0.408 e. The molecular formula is C27H43N3O4. The van der Waals surface area contributed by atoms with E-state index in [1.54, 1.807) is 32.6 Å². The Balaban J connectivity index is 2.43. The quantitative estimate of drug-likeness (QED) is 0.532. The van der Waals surface area contributed by atoms with E-state index in [9.17, 15) is 14.4 Å². The molecule has 1 saturated carbocycles. The van der Waals surface area contributed by atoms with Crippen molar-refractivity contribution in [3.8, 4) is 0 Å². The molecule has 0 aromatic heterocycles. The van der Waals surface area contributed by atoms with Gasteiger partial charge in [0.1, 0.15) is 17.7 Å². The fourth-order valence-electron chi connectivity index (χ4n) is 4.25. The minimum Gasteiger partial charge on any atom is -0.444 e. The maximum absolute atomic E-state index is 13.8. The molecular weight excluding hydrogens is 430 g/mol. The van der Waals surface area contributed by atoms with Crippen molar-refractivity contribution in [2.75, 3.05) is 0 Å². The Labute approximate surface area is 205 Å². The van der Waals surface area contributed by atoms with Crippen LogP contribution in [0.5, 0.6) is 0 Å². The zero-order valence-electron chi connectivity index (χ0n) is 22.2. The van der Waals surface area contributed by atoms with Crippen molar-refractivity contribution in [2.24, 2.45) is 0 Å². The first-order valence-corrected chi connectivity index (χ1v) is 12.5. The van der Waals surface area contributed by atoms with Crippen LogP contribution in [0, 0.1) is 13.8 Å². The number of nitrogens with one attached hydrogen (secondary N) is 2. The Bertz CT molecular complexity index is 873. The monoisotopic (exact) mass is 473 g/mol. The van der Waals surface area contributed by atoms with Crippen LogP contribution < -0.4 is 10.6 Å². The topological polar surface area (TPSA) is 87.7 Å². The first kappa shape index (κ1) is 27.7. The molecule has 1 aromatic carbocycles. The number of benzene rings is 1. The van der Waals surface area contributed by atoms with E-state index in [0.29, 0.717) is 0 Å². The second-order valence-corrected chi connectivity index (χ2v) is 10.7. The van der Waals surface area contributed by atoms with E-state index in [1.807, 2.05) is 39.0 Å². The summed E-state index contributed by atoms with van der Waals surface area (Å²) in [6, 6.07) is 4.36. The first-order chi connectivity index (χ1) is 15.8. The summed E-state index contributed by atoms with van der Waals surface area (Å²) in [5.41, 5.74) is 2.14. The first-order valence-electron chi connectivity index (χ1n) is 12.5. The van der Waals surface area contributed by atoms with Crippen LogP contribution in [0.4, 0.5) is 4.79 Å². The molecule has 7 heteroatoms. The molecule has 3 atom stereocenters. The molecule has 0 radical (unpaired) electrons. The second kappa shape index (κ2) is 11.7. The molecule has 1 aliphatic carbocycles. The molecule has 3 unspecified atom stereocenters. The number of rotatable bonds is 9. The van der Waals surface area contributed by atoms with Gasteiger partial charge in [-0.1, -0.05) is 37.1 Å². The molecule has 1 aromatic rings. The van der Waals surface area contributed by atoms with Gasteiger partial charge in [0.15, 0.2) is 0 Å². The van der Waals surface area contributed by atoms with Gasteiger partial charge < -0.3 is 20.3 Å². The third-order valence-corrected chi connectivity index (χ3v) is 6.19. The van der Waals surface area contributed by atoms with Gasteiger partial charge in [-0.25, -0.2) is 4.79 Å². The highest BCUT2D eigenvalue weighted by atomic mass is 16.6. The van der Waals surface area contributed by atoms with Gasteiger partial charge in [-0.15, -0.1) is 0 Å². The van der Waals surface area contributed by atoms with Crippen molar-refractivity contribution in [1.82, 2.24) is 15.5 Å². The lowest BCUT2D eigenvalue weighted by molar-refractivity contribution is -0.147. The summed E-state index contributed by atoms with van der Waals surface area (Å²) in [5, 5.41) is 5.80. The lowest BCUT2D eigenvalue weighted by Gasteiger charge is -2.44. The standard InChI is InChI=1S/C27H43N3O4/c1-9-11-19(4)28-24(31)23(22-16-17(2)14-15-18(22)3)30(21-12-10-13-21)25(32)20(5)29-26(33)34-27(6,7)8/h14-16,19-21,23H,9-13H2,1-8H3,(H,28,31)(H,29,33). The number of hydrogen-bond acceptors (Lipinski definition) is 4. The van der Waals surface area contributed by atoms with Crippen molar-refractivity contribution in [3.05, 3.63) is 34.9 Å². The van der Waals surface area contributed by atoms with E-state index in [4.69, 9.17) is 4.74 Å². The smallest absolute Gasteiger partial charge is 0.408 e. The highest BCUT2D eigenvalue weighted by Crippen LogP contribution is 2.35. The van der Waals surface area contributed by atoms with E-state index < -0.39 is 23.8 Å². The molecule has 0 heterocycles. The van der Waals surface area contributed by atoms with Crippen LogP contribution in [0.1, 0.15) is 96.4 Å². The fourth-order valence-corrected chi connectivity index (χ4v) is 4.25. The fraction of sp³-hybridized carbons (Fsp3) is 0.667. The third kappa shape index (κ3) is 7.47. The van der Waals surface area contributed by atoms with Crippen molar-refractivity contribution in [3.63, 3.8) is 0 Å². The van der Waals surface area contributed by atoms with Crippen LogP contribution in [0.3, 0.4) is 0 Å². The lowest BCUT2D eigenvalue weighted by Crippen LogP contribution is -2.57. The SMILES string of the molecule is CCCC(C)NC(=O)C(c1cc(C)ccc1C)N(C(=O)C(C)NC(=O)OC(C)(C)C)C1CCC1. The normalized spacial score (nSPS) is 16.6. The molecule has 0 saturated heterocycles. The summed E-state index contributed by atoms with van der Waals surface area (Å²) >= 11 is 0. The number of hydrogen-bond donors (Lipinski definition) is 2. The van der Waals surface area contributed by atoms with Gasteiger partial charge in [0, 0.05) is 12.1 Å². The average Bonchev–Trinajstić information content (AvgIpc) is 2.66. The molecule has 2 N–H and O–H groups in total. The van der Waals surface area contributed by atoms with Crippen molar-refractivity contribution < 1.29 is 19.1 Å². The zero-order chi connectivity index (χ0) is 25.6. The predicted molar refractivity (Wildman–Crippen MR) is 134 cm³/mol. The van der Waals surface area contributed by atoms with Crippen molar-refractivity contribution in [2.45, 2.75) is 117 Å². The molecule has 0 aliphatic heterocycles. The lowest BCUT2D eigenvalue weighted by atomic mass is 9.87. The van der Waals surface area contributed by atoms with Crippen LogP contribution in [0.25, 0.3) is 0 Å². The number of nitrogens with zero attached hydrogens (tertiary/aromatic N) is 1. The number of carbonyl (C=O) groups is 3. The summed E-state index contributed by atoms with van der Waals surface area (Å²) < 4.78 is 5.35. The molecule has 1 aliphatic rings. The molecule has 190 valence electrons. The summed E-state index contributed by atoms with van der Waals surface area (Å²) in [6.07, 6.45) is 3.85.